The van der Waals surface area contributed by atoms with E-state index in [1.54, 1.807) is 0 Å². The first-order valence-electron chi connectivity index (χ1n) is 7.14. The van der Waals surface area contributed by atoms with Crippen molar-refractivity contribution in [3.8, 4) is 0 Å². The summed E-state index contributed by atoms with van der Waals surface area (Å²) in [6, 6.07) is -0.610. The maximum absolute atomic E-state index is 12.2. The van der Waals surface area contributed by atoms with Crippen LogP contribution in [0.4, 0.5) is 0 Å². The first kappa shape index (κ1) is 17.9. The molecule has 122 valence electrons. The minimum Gasteiger partial charge on any atom is -0.351 e. The van der Waals surface area contributed by atoms with Gasteiger partial charge in [0, 0.05) is 26.1 Å². The molecule has 1 unspecified atom stereocenters. The van der Waals surface area contributed by atoms with Gasteiger partial charge in [-0.15, -0.1) is 0 Å². The molecule has 0 spiro atoms. The third-order valence-corrected chi connectivity index (χ3v) is 4.88. The van der Waals surface area contributed by atoms with Gasteiger partial charge in [0.2, 0.25) is 21.8 Å². The first-order valence-corrected chi connectivity index (χ1v) is 8.98. The average molecular weight is 319 g/mol. The summed E-state index contributed by atoms with van der Waals surface area (Å²) in [5.41, 5.74) is 0. The number of hydrogen-bond acceptors (Lipinski definition) is 4. The molecule has 0 aromatic rings. The fourth-order valence-corrected chi connectivity index (χ4v) is 3.25. The Balaban J connectivity index is 2.54. The van der Waals surface area contributed by atoms with Crippen LogP contribution < -0.4 is 10.6 Å². The second-order valence-electron chi connectivity index (χ2n) is 5.87. The van der Waals surface area contributed by atoms with E-state index >= 15 is 0 Å². The maximum Gasteiger partial charge on any atom is 0.243 e. The fraction of sp³-hybridized carbons (Fsp3) is 0.846. The molecular formula is C13H25N3O4S. The molecule has 0 radical (unpaired) electrons. The fourth-order valence-electron chi connectivity index (χ4n) is 2.38. The Bertz CT molecular complexity index is 482. The van der Waals surface area contributed by atoms with Gasteiger partial charge >= 0.3 is 0 Å². The summed E-state index contributed by atoms with van der Waals surface area (Å²) >= 11 is 0. The number of piperidine rings is 1. The molecule has 2 amide bonds. The molecule has 0 bridgehead atoms. The largest absolute Gasteiger partial charge is 0.351 e. The Labute approximate surface area is 126 Å². The highest BCUT2D eigenvalue weighted by Gasteiger charge is 2.29. The van der Waals surface area contributed by atoms with Gasteiger partial charge in [0.05, 0.1) is 6.26 Å². The summed E-state index contributed by atoms with van der Waals surface area (Å²) < 4.78 is 24.3. The third-order valence-electron chi connectivity index (χ3n) is 3.58. The minimum absolute atomic E-state index is 0.00925. The topological polar surface area (TPSA) is 95.6 Å². The molecule has 0 aromatic heterocycles. The van der Waals surface area contributed by atoms with E-state index in [4.69, 9.17) is 0 Å². The number of sulfonamides is 1. The van der Waals surface area contributed by atoms with Gasteiger partial charge in [0.1, 0.15) is 6.04 Å². The molecule has 1 atom stereocenters. The Morgan fingerprint density at radius 1 is 1.19 bits per heavy atom. The Kier molecular flexibility index (Phi) is 6.15. The zero-order valence-corrected chi connectivity index (χ0v) is 13.9. The SMILES string of the molecule is CC(=O)NC(C(=O)NC1CCN(S(C)(=O)=O)CC1)C(C)C. The van der Waals surface area contributed by atoms with Gasteiger partial charge in [-0.05, 0) is 18.8 Å². The summed E-state index contributed by atoms with van der Waals surface area (Å²) in [5, 5.41) is 5.55. The number of nitrogens with zero attached hydrogens (tertiary/aromatic N) is 1. The highest BCUT2D eigenvalue weighted by molar-refractivity contribution is 7.88. The lowest BCUT2D eigenvalue weighted by atomic mass is 10.0. The highest BCUT2D eigenvalue weighted by atomic mass is 32.2. The number of hydrogen-bond donors (Lipinski definition) is 2. The van der Waals surface area contributed by atoms with Gasteiger partial charge in [0.25, 0.3) is 0 Å². The van der Waals surface area contributed by atoms with E-state index in [1.807, 2.05) is 13.8 Å². The van der Waals surface area contributed by atoms with Crippen molar-refractivity contribution in [2.24, 2.45) is 5.92 Å². The van der Waals surface area contributed by atoms with Crippen LogP contribution in [0, 0.1) is 5.92 Å². The first-order chi connectivity index (χ1) is 9.61. The van der Waals surface area contributed by atoms with Crippen LogP contribution in [0.3, 0.4) is 0 Å². The maximum atomic E-state index is 12.2. The molecule has 1 rings (SSSR count). The lowest BCUT2D eigenvalue weighted by Gasteiger charge is -2.32. The van der Waals surface area contributed by atoms with E-state index in [0.29, 0.717) is 25.9 Å². The van der Waals surface area contributed by atoms with Crippen LogP contribution in [-0.4, -0.2) is 56.0 Å². The molecule has 0 aliphatic carbocycles. The molecule has 1 saturated heterocycles. The summed E-state index contributed by atoms with van der Waals surface area (Å²) in [7, 11) is -3.16. The highest BCUT2D eigenvalue weighted by Crippen LogP contribution is 2.14. The lowest BCUT2D eigenvalue weighted by molar-refractivity contribution is -0.129. The van der Waals surface area contributed by atoms with E-state index in [9.17, 15) is 18.0 Å². The minimum atomic E-state index is -3.16. The van der Waals surface area contributed by atoms with Crippen LogP contribution in [0.15, 0.2) is 0 Å². The predicted molar refractivity (Wildman–Crippen MR) is 80.0 cm³/mol. The van der Waals surface area contributed by atoms with E-state index in [1.165, 1.54) is 17.5 Å². The molecular weight excluding hydrogens is 294 g/mol. The average Bonchev–Trinajstić information content (AvgIpc) is 2.34. The molecule has 1 aliphatic rings. The Hall–Kier alpha value is -1.15. The normalized spacial score (nSPS) is 19.3. The second kappa shape index (κ2) is 7.22. The van der Waals surface area contributed by atoms with Gasteiger partial charge in [-0.3, -0.25) is 9.59 Å². The van der Waals surface area contributed by atoms with Crippen molar-refractivity contribution in [1.29, 1.82) is 0 Å². The third kappa shape index (κ3) is 5.62. The van der Waals surface area contributed by atoms with Crippen LogP contribution in [0.5, 0.6) is 0 Å². The Morgan fingerprint density at radius 3 is 2.10 bits per heavy atom. The van der Waals surface area contributed by atoms with E-state index in [0.717, 1.165) is 0 Å². The lowest BCUT2D eigenvalue weighted by Crippen LogP contribution is -2.54. The van der Waals surface area contributed by atoms with Crippen LogP contribution in [-0.2, 0) is 19.6 Å². The number of nitrogens with one attached hydrogen (secondary N) is 2. The van der Waals surface area contributed by atoms with Crippen molar-refractivity contribution in [3.05, 3.63) is 0 Å². The predicted octanol–water partition coefficient (Wildman–Crippen LogP) is -0.313. The van der Waals surface area contributed by atoms with Crippen LogP contribution in [0.25, 0.3) is 0 Å². The summed E-state index contributed by atoms with van der Waals surface area (Å²) in [5.74, 6) is -0.459. The van der Waals surface area contributed by atoms with E-state index in [-0.39, 0.29) is 23.8 Å². The van der Waals surface area contributed by atoms with Gasteiger partial charge < -0.3 is 10.6 Å². The monoisotopic (exact) mass is 319 g/mol. The van der Waals surface area contributed by atoms with E-state index < -0.39 is 16.1 Å². The Morgan fingerprint density at radius 2 is 1.71 bits per heavy atom. The molecule has 0 aromatic carbocycles. The van der Waals surface area contributed by atoms with Gasteiger partial charge in [-0.25, -0.2) is 12.7 Å². The molecule has 21 heavy (non-hydrogen) atoms. The number of carbonyl (C=O) groups excluding carboxylic acids is 2. The quantitative estimate of drug-likeness (QED) is 0.726. The van der Waals surface area contributed by atoms with Crippen LogP contribution >= 0.6 is 0 Å². The van der Waals surface area contributed by atoms with Crippen molar-refractivity contribution in [2.45, 2.75) is 45.7 Å². The standard InChI is InChI=1S/C13H25N3O4S/c1-9(2)12(14-10(3)17)13(18)15-11-5-7-16(8-6-11)21(4,19)20/h9,11-12H,5-8H2,1-4H3,(H,14,17)(H,15,18). The van der Waals surface area contributed by atoms with Crippen LogP contribution in [0.2, 0.25) is 0 Å². The zero-order chi connectivity index (χ0) is 16.2. The van der Waals surface area contributed by atoms with Crippen molar-refractivity contribution in [2.75, 3.05) is 19.3 Å². The van der Waals surface area contributed by atoms with Crippen molar-refractivity contribution in [3.63, 3.8) is 0 Å². The van der Waals surface area contributed by atoms with Crippen molar-refractivity contribution < 1.29 is 18.0 Å². The molecule has 1 fully saturated rings. The number of rotatable bonds is 5. The molecule has 2 N–H and O–H groups in total. The van der Waals surface area contributed by atoms with Crippen LogP contribution in [0.1, 0.15) is 33.6 Å². The van der Waals surface area contributed by atoms with Crippen molar-refractivity contribution >= 4 is 21.8 Å². The smallest absolute Gasteiger partial charge is 0.243 e. The molecule has 1 aliphatic heterocycles. The summed E-state index contributed by atoms with van der Waals surface area (Å²) in [6.45, 7) is 5.94. The molecule has 8 heteroatoms. The molecule has 7 nitrogen and oxygen atoms in total. The second-order valence-corrected chi connectivity index (χ2v) is 7.85. The van der Waals surface area contributed by atoms with Gasteiger partial charge in [0.15, 0.2) is 0 Å². The molecule has 1 heterocycles. The molecule has 0 saturated carbocycles. The summed E-state index contributed by atoms with van der Waals surface area (Å²) in [6.07, 6.45) is 2.37. The summed E-state index contributed by atoms with van der Waals surface area (Å²) in [4.78, 5) is 23.4. The van der Waals surface area contributed by atoms with Gasteiger partial charge in [-0.1, -0.05) is 13.8 Å². The van der Waals surface area contributed by atoms with Gasteiger partial charge in [-0.2, -0.15) is 0 Å². The zero-order valence-electron chi connectivity index (χ0n) is 13.0. The number of amides is 2. The van der Waals surface area contributed by atoms with E-state index in [2.05, 4.69) is 10.6 Å². The number of carbonyl (C=O) groups is 2. The van der Waals surface area contributed by atoms with Crippen molar-refractivity contribution in [1.82, 2.24) is 14.9 Å².